The molecular formula is C21H21F3N4O4S. The molecule has 2 aromatic carbocycles. The Kier molecular flexibility index (Phi) is 6.68. The van der Waals surface area contributed by atoms with Gasteiger partial charge in [0.1, 0.15) is 16.3 Å². The van der Waals surface area contributed by atoms with E-state index in [1.165, 1.54) is 36.1 Å². The highest BCUT2D eigenvalue weighted by Gasteiger charge is 2.31. The first-order valence-electron chi connectivity index (χ1n) is 9.67. The number of hydrogen-bond donors (Lipinski definition) is 2. The average molecular weight is 482 g/mol. The third-order valence-electron chi connectivity index (χ3n) is 4.68. The summed E-state index contributed by atoms with van der Waals surface area (Å²) in [6, 6.07) is 9.30. The van der Waals surface area contributed by atoms with Crippen LogP contribution in [0.15, 0.2) is 53.4 Å². The normalized spacial score (nSPS) is 11.8. The number of alkyl halides is 3. The van der Waals surface area contributed by atoms with Gasteiger partial charge in [0.15, 0.2) is 0 Å². The van der Waals surface area contributed by atoms with E-state index in [0.29, 0.717) is 18.2 Å². The Balaban J connectivity index is 1.85. The Hall–Kier alpha value is -3.54. The summed E-state index contributed by atoms with van der Waals surface area (Å²) >= 11 is 0. The molecule has 0 radical (unpaired) electrons. The van der Waals surface area contributed by atoms with E-state index in [4.69, 9.17) is 4.74 Å². The van der Waals surface area contributed by atoms with Gasteiger partial charge in [0.05, 0.1) is 18.4 Å². The van der Waals surface area contributed by atoms with Gasteiger partial charge in [-0.1, -0.05) is 13.0 Å². The Labute approximate surface area is 188 Å². The second-order valence-corrected chi connectivity index (χ2v) is 8.65. The highest BCUT2D eigenvalue weighted by molar-refractivity contribution is 7.92. The molecule has 33 heavy (non-hydrogen) atoms. The summed E-state index contributed by atoms with van der Waals surface area (Å²) in [5.74, 6) is -0.559. The number of nitrogens with one attached hydrogen (secondary N) is 2. The van der Waals surface area contributed by atoms with Crippen molar-refractivity contribution in [1.29, 1.82) is 0 Å². The Morgan fingerprint density at radius 2 is 1.85 bits per heavy atom. The molecule has 12 heteroatoms. The zero-order chi connectivity index (χ0) is 24.4. The number of sulfonamides is 1. The highest BCUT2D eigenvalue weighted by atomic mass is 32.2. The minimum atomic E-state index is -4.62. The molecule has 2 N–H and O–H groups in total. The van der Waals surface area contributed by atoms with Crippen molar-refractivity contribution in [3.8, 4) is 5.75 Å². The van der Waals surface area contributed by atoms with Gasteiger partial charge in [0.25, 0.3) is 15.9 Å². The molecule has 0 spiro atoms. The standard InChI is InChI=1S/C21H21F3N4O4S/c1-4-14-11-17(28(2)26-14)20(29)25-15-8-9-19(18(12-15)32-3)33(30,31)27-16-7-5-6-13(10-16)21(22,23)24/h5-12,27H,4H2,1-3H3,(H,25,29). The lowest BCUT2D eigenvalue weighted by Crippen LogP contribution is -2.17. The molecule has 0 saturated heterocycles. The molecule has 3 rings (SSSR count). The number of aromatic nitrogens is 2. The maximum absolute atomic E-state index is 12.9. The largest absolute Gasteiger partial charge is 0.495 e. The Bertz CT molecular complexity index is 1290. The number of hydrogen-bond acceptors (Lipinski definition) is 5. The lowest BCUT2D eigenvalue weighted by atomic mass is 10.2. The number of benzene rings is 2. The smallest absolute Gasteiger partial charge is 0.416 e. The molecular weight excluding hydrogens is 461 g/mol. The molecule has 176 valence electrons. The number of carbonyl (C=O) groups excluding carboxylic acids is 1. The van der Waals surface area contributed by atoms with E-state index in [2.05, 4.69) is 15.1 Å². The van der Waals surface area contributed by atoms with Crippen LogP contribution in [0.2, 0.25) is 0 Å². The van der Waals surface area contributed by atoms with Crippen LogP contribution >= 0.6 is 0 Å². The van der Waals surface area contributed by atoms with Gasteiger partial charge < -0.3 is 10.1 Å². The molecule has 1 heterocycles. The van der Waals surface area contributed by atoms with E-state index in [1.807, 2.05) is 6.92 Å². The summed E-state index contributed by atoms with van der Waals surface area (Å²) < 4.78 is 73.1. The highest BCUT2D eigenvalue weighted by Crippen LogP contribution is 2.33. The number of ether oxygens (including phenoxy) is 1. The van der Waals surface area contributed by atoms with Crippen molar-refractivity contribution < 1.29 is 31.1 Å². The van der Waals surface area contributed by atoms with E-state index >= 15 is 0 Å². The van der Waals surface area contributed by atoms with Crippen LogP contribution in [0.5, 0.6) is 5.75 Å². The van der Waals surface area contributed by atoms with Gasteiger partial charge in [0, 0.05) is 24.5 Å². The van der Waals surface area contributed by atoms with Gasteiger partial charge in [0.2, 0.25) is 0 Å². The molecule has 1 amide bonds. The third-order valence-corrected chi connectivity index (χ3v) is 6.10. The van der Waals surface area contributed by atoms with Crippen molar-refractivity contribution in [2.45, 2.75) is 24.4 Å². The number of methoxy groups -OCH3 is 1. The maximum atomic E-state index is 12.9. The summed E-state index contributed by atoms with van der Waals surface area (Å²) in [6.45, 7) is 1.90. The monoisotopic (exact) mass is 482 g/mol. The van der Waals surface area contributed by atoms with Crippen molar-refractivity contribution in [2.75, 3.05) is 17.1 Å². The van der Waals surface area contributed by atoms with E-state index in [-0.39, 0.29) is 22.0 Å². The van der Waals surface area contributed by atoms with E-state index in [9.17, 15) is 26.4 Å². The van der Waals surface area contributed by atoms with Crippen molar-refractivity contribution >= 4 is 27.3 Å². The number of anilines is 2. The van der Waals surface area contributed by atoms with Crippen LogP contribution in [0, 0.1) is 0 Å². The first-order valence-corrected chi connectivity index (χ1v) is 11.2. The van der Waals surface area contributed by atoms with Gasteiger partial charge in [-0.2, -0.15) is 18.3 Å². The quantitative estimate of drug-likeness (QED) is 0.529. The molecule has 0 aliphatic carbocycles. The van der Waals surface area contributed by atoms with Gasteiger partial charge in [-0.05, 0) is 42.8 Å². The molecule has 1 aromatic heterocycles. The molecule has 0 aliphatic heterocycles. The van der Waals surface area contributed by atoms with E-state index in [1.54, 1.807) is 13.1 Å². The van der Waals surface area contributed by atoms with Crippen LogP contribution in [0.25, 0.3) is 0 Å². The Morgan fingerprint density at radius 3 is 2.45 bits per heavy atom. The molecule has 0 fully saturated rings. The fraction of sp³-hybridized carbons (Fsp3) is 0.238. The maximum Gasteiger partial charge on any atom is 0.416 e. The number of nitrogens with zero attached hydrogens (tertiary/aromatic N) is 2. The zero-order valence-corrected chi connectivity index (χ0v) is 18.7. The average Bonchev–Trinajstić information content (AvgIpc) is 3.13. The predicted molar refractivity (Wildman–Crippen MR) is 116 cm³/mol. The van der Waals surface area contributed by atoms with Crippen LogP contribution in [0.4, 0.5) is 24.5 Å². The number of amides is 1. The molecule has 0 bridgehead atoms. The topological polar surface area (TPSA) is 102 Å². The van der Waals surface area contributed by atoms with Crippen LogP contribution in [-0.4, -0.2) is 31.2 Å². The zero-order valence-electron chi connectivity index (χ0n) is 17.9. The van der Waals surface area contributed by atoms with Crippen LogP contribution in [-0.2, 0) is 29.7 Å². The fourth-order valence-electron chi connectivity index (χ4n) is 3.04. The number of aryl methyl sites for hydroxylation is 2. The van der Waals surface area contributed by atoms with Gasteiger partial charge in [-0.3, -0.25) is 14.2 Å². The van der Waals surface area contributed by atoms with Crippen LogP contribution < -0.4 is 14.8 Å². The molecule has 3 aromatic rings. The van der Waals surface area contributed by atoms with Gasteiger partial charge in [-0.25, -0.2) is 8.42 Å². The van der Waals surface area contributed by atoms with E-state index < -0.39 is 27.7 Å². The van der Waals surface area contributed by atoms with Crippen LogP contribution in [0.3, 0.4) is 0 Å². The lowest BCUT2D eigenvalue weighted by molar-refractivity contribution is -0.137. The predicted octanol–water partition coefficient (Wildman–Crippen LogP) is 4.06. The summed E-state index contributed by atoms with van der Waals surface area (Å²) in [5, 5.41) is 6.85. The number of rotatable bonds is 7. The van der Waals surface area contributed by atoms with Crippen molar-refractivity contribution in [3.63, 3.8) is 0 Å². The SMILES string of the molecule is CCc1cc(C(=O)Nc2ccc(S(=O)(=O)Nc3cccc(C(F)(F)F)c3)c(OC)c2)n(C)n1. The summed E-state index contributed by atoms with van der Waals surface area (Å²) in [5.41, 5.74) is 0.0616. The molecule has 0 aliphatic rings. The molecule has 0 atom stereocenters. The lowest BCUT2D eigenvalue weighted by Gasteiger charge is -2.14. The third kappa shape index (κ3) is 5.45. The second-order valence-electron chi connectivity index (χ2n) is 7.00. The van der Waals surface area contributed by atoms with Gasteiger partial charge >= 0.3 is 6.18 Å². The molecule has 0 saturated carbocycles. The first-order chi connectivity index (χ1) is 15.4. The number of halogens is 3. The Morgan fingerprint density at radius 1 is 1.12 bits per heavy atom. The van der Waals surface area contributed by atoms with E-state index in [0.717, 1.165) is 17.8 Å². The van der Waals surface area contributed by atoms with Gasteiger partial charge in [-0.15, -0.1) is 0 Å². The van der Waals surface area contributed by atoms with Crippen molar-refractivity contribution in [1.82, 2.24) is 9.78 Å². The molecule has 0 unspecified atom stereocenters. The fourth-order valence-corrected chi connectivity index (χ4v) is 4.25. The number of carbonyl (C=O) groups is 1. The van der Waals surface area contributed by atoms with Crippen LogP contribution in [0.1, 0.15) is 28.7 Å². The first kappa shape index (κ1) is 24.1. The second kappa shape index (κ2) is 9.14. The summed E-state index contributed by atoms with van der Waals surface area (Å²) in [7, 11) is -1.43. The molecule has 8 nitrogen and oxygen atoms in total. The summed E-state index contributed by atoms with van der Waals surface area (Å²) in [4.78, 5) is 12.3. The minimum Gasteiger partial charge on any atom is -0.495 e. The van der Waals surface area contributed by atoms with Crippen molar-refractivity contribution in [3.05, 3.63) is 65.5 Å². The van der Waals surface area contributed by atoms with Crippen molar-refractivity contribution in [2.24, 2.45) is 7.05 Å². The minimum absolute atomic E-state index is 0.105. The summed E-state index contributed by atoms with van der Waals surface area (Å²) in [6.07, 6.45) is -3.97.